The Kier molecular flexibility index (Phi) is 3.16. The molecule has 0 radical (unpaired) electrons. The molecule has 1 aromatic rings. The van der Waals surface area contributed by atoms with Crippen LogP contribution in [-0.4, -0.2) is 56.5 Å². The van der Waals surface area contributed by atoms with Crippen molar-refractivity contribution in [2.75, 3.05) is 27.9 Å². The molecule has 3 aliphatic rings. The average Bonchev–Trinajstić information content (AvgIpc) is 2.90. The molecule has 8 heteroatoms. The van der Waals surface area contributed by atoms with E-state index in [1.165, 1.54) is 34.3 Å². The normalized spacial score (nSPS) is 38.5. The van der Waals surface area contributed by atoms with Crippen molar-refractivity contribution in [2.45, 2.75) is 24.6 Å². The van der Waals surface area contributed by atoms with Crippen LogP contribution in [0.25, 0.3) is 0 Å². The van der Waals surface area contributed by atoms with E-state index in [1.807, 2.05) is 0 Å². The number of fused-ring (bicyclic) bond motifs is 3. The third-order valence-corrected chi connectivity index (χ3v) is 5.45. The van der Waals surface area contributed by atoms with E-state index in [4.69, 9.17) is 23.7 Å². The predicted octanol–water partition coefficient (Wildman–Crippen LogP) is 0.392. The molecule has 1 N–H and O–H groups in total. The molecule has 2 heterocycles. The van der Waals surface area contributed by atoms with Gasteiger partial charge >= 0.3 is 0 Å². The molecule has 0 saturated carbocycles. The van der Waals surface area contributed by atoms with Crippen molar-refractivity contribution in [1.29, 1.82) is 0 Å². The van der Waals surface area contributed by atoms with Crippen molar-refractivity contribution in [3.8, 4) is 11.5 Å². The first-order chi connectivity index (χ1) is 11.8. The Morgan fingerprint density at radius 1 is 1.20 bits per heavy atom. The van der Waals surface area contributed by atoms with Crippen LogP contribution in [0.5, 0.6) is 11.5 Å². The smallest absolute Gasteiger partial charge is 0.225 e. The van der Waals surface area contributed by atoms with Gasteiger partial charge in [0.05, 0.1) is 19.8 Å². The maximum absolute atomic E-state index is 13.4. The third-order valence-electron chi connectivity index (χ3n) is 5.45. The number of rotatable bonds is 3. The van der Waals surface area contributed by atoms with Crippen LogP contribution in [0, 0.1) is 5.41 Å². The lowest BCUT2D eigenvalue weighted by Gasteiger charge is -2.38. The van der Waals surface area contributed by atoms with Gasteiger partial charge in [0.15, 0.2) is 22.8 Å². The molecular formula is C17H18O8. The number of hydrogen-bond acceptors (Lipinski definition) is 8. The molecule has 8 nitrogen and oxygen atoms in total. The molecule has 4 rings (SSSR count). The number of ketones is 2. The van der Waals surface area contributed by atoms with Gasteiger partial charge in [-0.25, -0.2) is 0 Å². The minimum atomic E-state index is -1.95. The Balaban J connectivity index is 2.11. The van der Waals surface area contributed by atoms with Crippen LogP contribution in [0.1, 0.15) is 22.8 Å². The van der Waals surface area contributed by atoms with Crippen LogP contribution in [0.4, 0.5) is 0 Å². The van der Waals surface area contributed by atoms with Gasteiger partial charge in [-0.1, -0.05) is 0 Å². The van der Waals surface area contributed by atoms with Gasteiger partial charge in [-0.2, -0.15) is 0 Å². The molecule has 25 heavy (non-hydrogen) atoms. The van der Waals surface area contributed by atoms with Gasteiger partial charge in [-0.3, -0.25) is 9.59 Å². The quantitative estimate of drug-likeness (QED) is 0.782. The highest BCUT2D eigenvalue weighted by molar-refractivity contribution is 6.21. The lowest BCUT2D eigenvalue weighted by Crippen LogP contribution is -2.61. The molecule has 2 aliphatic heterocycles. The van der Waals surface area contributed by atoms with Crippen molar-refractivity contribution in [2.24, 2.45) is 5.41 Å². The Morgan fingerprint density at radius 2 is 1.92 bits per heavy atom. The van der Waals surface area contributed by atoms with Crippen LogP contribution < -0.4 is 9.47 Å². The summed E-state index contributed by atoms with van der Waals surface area (Å²) in [4.78, 5) is 26.2. The van der Waals surface area contributed by atoms with E-state index in [2.05, 4.69) is 0 Å². The number of carbonyl (C=O) groups excluding carboxylic acids is 2. The summed E-state index contributed by atoms with van der Waals surface area (Å²) < 4.78 is 27.6. The van der Waals surface area contributed by atoms with Crippen molar-refractivity contribution < 1.29 is 38.4 Å². The van der Waals surface area contributed by atoms with Gasteiger partial charge in [0.2, 0.25) is 5.79 Å². The summed E-state index contributed by atoms with van der Waals surface area (Å²) in [5.74, 6) is -3.94. The third kappa shape index (κ3) is 1.52. The van der Waals surface area contributed by atoms with Gasteiger partial charge in [-0.15, -0.1) is 0 Å². The van der Waals surface area contributed by atoms with E-state index in [1.54, 1.807) is 6.07 Å². The average molecular weight is 350 g/mol. The Morgan fingerprint density at radius 3 is 2.52 bits per heavy atom. The summed E-state index contributed by atoms with van der Waals surface area (Å²) in [6.45, 7) is 1.12. The lowest BCUT2D eigenvalue weighted by molar-refractivity contribution is -0.318. The van der Waals surface area contributed by atoms with E-state index in [0.29, 0.717) is 5.75 Å². The summed E-state index contributed by atoms with van der Waals surface area (Å²) in [5, 5.41) is 10.9. The van der Waals surface area contributed by atoms with Gasteiger partial charge in [-0.05, 0) is 13.0 Å². The number of carbonyl (C=O) groups is 2. The molecule has 0 aromatic heterocycles. The van der Waals surface area contributed by atoms with Crippen molar-refractivity contribution >= 4 is 11.6 Å². The van der Waals surface area contributed by atoms with Crippen molar-refractivity contribution in [1.82, 2.24) is 0 Å². The van der Waals surface area contributed by atoms with Crippen LogP contribution in [0.15, 0.2) is 12.1 Å². The number of hydrogen-bond donors (Lipinski definition) is 1. The van der Waals surface area contributed by atoms with Gasteiger partial charge < -0.3 is 28.8 Å². The highest BCUT2D eigenvalue weighted by atomic mass is 16.8. The summed E-state index contributed by atoms with van der Waals surface area (Å²) in [5.41, 5.74) is -1.53. The van der Waals surface area contributed by atoms with Gasteiger partial charge in [0.1, 0.15) is 24.2 Å². The first-order valence-electron chi connectivity index (χ1n) is 7.74. The van der Waals surface area contributed by atoms with Crippen molar-refractivity contribution in [3.63, 3.8) is 0 Å². The predicted molar refractivity (Wildman–Crippen MR) is 81.5 cm³/mol. The molecule has 4 atom stereocenters. The minimum Gasteiger partial charge on any atom is -0.497 e. The zero-order valence-electron chi connectivity index (χ0n) is 14.2. The topological polar surface area (TPSA) is 101 Å². The van der Waals surface area contributed by atoms with E-state index < -0.39 is 34.7 Å². The Hall–Kier alpha value is -2.00. The molecule has 1 spiro atoms. The summed E-state index contributed by atoms with van der Waals surface area (Å²) in [7, 11) is 4.19. The summed E-state index contributed by atoms with van der Waals surface area (Å²) in [6.07, 6.45) is -1.53. The molecule has 1 aromatic carbocycles. The number of aliphatic hydroxyl groups is 1. The largest absolute Gasteiger partial charge is 0.497 e. The maximum Gasteiger partial charge on any atom is 0.225 e. The Bertz CT molecular complexity index is 804. The maximum atomic E-state index is 13.4. The van der Waals surface area contributed by atoms with E-state index in [0.717, 1.165) is 0 Å². The van der Waals surface area contributed by atoms with Gasteiger partial charge in [0, 0.05) is 18.7 Å². The summed E-state index contributed by atoms with van der Waals surface area (Å²) in [6, 6.07) is 3.06. The molecule has 0 amide bonds. The monoisotopic (exact) mass is 350 g/mol. The van der Waals surface area contributed by atoms with Gasteiger partial charge in [0.25, 0.3) is 0 Å². The fourth-order valence-corrected chi connectivity index (χ4v) is 4.32. The van der Waals surface area contributed by atoms with Crippen LogP contribution in [-0.2, 0) is 24.8 Å². The molecule has 2 bridgehead atoms. The second kappa shape index (κ2) is 4.79. The van der Waals surface area contributed by atoms with E-state index in [-0.39, 0.29) is 23.5 Å². The van der Waals surface area contributed by atoms with E-state index >= 15 is 0 Å². The zero-order chi connectivity index (χ0) is 18.2. The lowest BCUT2D eigenvalue weighted by atomic mass is 9.69. The molecule has 2 saturated heterocycles. The second-order valence-corrected chi connectivity index (χ2v) is 6.44. The first kappa shape index (κ1) is 16.5. The van der Waals surface area contributed by atoms with Crippen LogP contribution in [0.2, 0.25) is 0 Å². The highest BCUT2D eigenvalue weighted by Crippen LogP contribution is 2.67. The van der Waals surface area contributed by atoms with Crippen LogP contribution in [0.3, 0.4) is 0 Å². The van der Waals surface area contributed by atoms with Crippen molar-refractivity contribution in [3.05, 3.63) is 23.3 Å². The summed E-state index contributed by atoms with van der Waals surface area (Å²) >= 11 is 0. The minimum absolute atomic E-state index is 0.161. The number of Topliss-reactive ketones (excluding diaryl/α,β-unsaturated/α-hetero) is 2. The number of ether oxygens (including phenoxy) is 5. The molecular weight excluding hydrogens is 332 g/mol. The number of benzene rings is 1. The van der Waals surface area contributed by atoms with E-state index in [9.17, 15) is 14.7 Å². The highest BCUT2D eigenvalue weighted by Gasteiger charge is 2.84. The zero-order valence-corrected chi connectivity index (χ0v) is 14.2. The van der Waals surface area contributed by atoms with Crippen LogP contribution >= 0.6 is 0 Å². The fraction of sp³-hybridized carbons (Fsp3) is 0.529. The number of methoxy groups -OCH3 is 3. The first-order valence-corrected chi connectivity index (χ1v) is 7.74. The Labute approximate surface area is 143 Å². The standard InChI is InChI=1S/C17H18O8/c1-15-14(20)16(11(18)7-24-15)13(19)9-5-8(21-2)6-10(22-3)12(9)17(16,23-4)25-15/h5-6,14,20H,7H2,1-4H3/t14-,15-,16+,17-/m0/s1. The molecule has 0 unspecified atom stereocenters. The fourth-order valence-electron chi connectivity index (χ4n) is 4.32. The number of aliphatic hydroxyl groups excluding tert-OH is 1. The molecule has 2 fully saturated rings. The SMILES string of the molecule is COc1cc(OC)c2c(c1)C(=O)[C@@]13C(=O)CO[C@@](C)(O[C@@]21OC)[C@@H]3O. The second-order valence-electron chi connectivity index (χ2n) is 6.44. The molecule has 134 valence electrons. The molecule has 1 aliphatic carbocycles.